The molecule has 1 aliphatic heterocycles. The number of rotatable bonds is 3. The van der Waals surface area contributed by atoms with E-state index in [-0.39, 0.29) is 5.91 Å². The van der Waals surface area contributed by atoms with Gasteiger partial charge in [0.25, 0.3) is 5.91 Å². The second-order valence-corrected chi connectivity index (χ2v) is 7.09. The van der Waals surface area contributed by atoms with Crippen LogP contribution in [0.15, 0.2) is 54.6 Å². The number of carbonyl (C=O) groups excluding carboxylic acids is 1. The first-order chi connectivity index (χ1) is 13.2. The molecular weight excluding hydrogens is 334 g/mol. The maximum absolute atomic E-state index is 12.8. The highest BCUT2D eigenvalue weighted by Crippen LogP contribution is 2.29. The molecule has 3 aromatic rings. The van der Waals surface area contributed by atoms with Crippen LogP contribution < -0.4 is 0 Å². The third-order valence-corrected chi connectivity index (χ3v) is 5.23. The van der Waals surface area contributed by atoms with Gasteiger partial charge >= 0.3 is 0 Å². The van der Waals surface area contributed by atoms with Crippen LogP contribution in [0.2, 0.25) is 0 Å². The minimum Gasteiger partial charge on any atom is -0.337 e. The van der Waals surface area contributed by atoms with Gasteiger partial charge in [0.2, 0.25) is 0 Å². The van der Waals surface area contributed by atoms with Gasteiger partial charge in [-0.15, -0.1) is 0 Å². The predicted octanol–water partition coefficient (Wildman–Crippen LogP) is 5.39. The lowest BCUT2D eigenvalue weighted by atomic mass is 9.89. The van der Waals surface area contributed by atoms with Crippen molar-refractivity contribution in [3.8, 4) is 0 Å². The highest BCUT2D eigenvalue weighted by Gasteiger charge is 2.26. The van der Waals surface area contributed by atoms with Gasteiger partial charge in [-0.3, -0.25) is 9.89 Å². The number of piperidine rings is 1. The average Bonchev–Trinajstić information content (AvgIpc) is 3.18. The first kappa shape index (κ1) is 19.2. The lowest BCUT2D eigenvalue weighted by Crippen LogP contribution is -2.38. The van der Waals surface area contributed by atoms with E-state index in [0.29, 0.717) is 11.6 Å². The summed E-state index contributed by atoms with van der Waals surface area (Å²) >= 11 is 0. The predicted molar refractivity (Wildman–Crippen MR) is 111 cm³/mol. The molecule has 1 saturated heterocycles. The molecule has 0 bridgehead atoms. The molecule has 0 unspecified atom stereocenters. The SMILES string of the molecule is CCCC.O=C(c1n[nH]c2ccccc12)N1CCC(c2ccccc2)CC1. The Hall–Kier alpha value is -2.62. The van der Waals surface area contributed by atoms with Crippen molar-refractivity contribution in [1.29, 1.82) is 0 Å². The number of hydrogen-bond donors (Lipinski definition) is 1. The van der Waals surface area contributed by atoms with Crippen LogP contribution in [0.25, 0.3) is 10.9 Å². The van der Waals surface area contributed by atoms with Crippen LogP contribution >= 0.6 is 0 Å². The number of amides is 1. The van der Waals surface area contributed by atoms with Crippen molar-refractivity contribution in [3.63, 3.8) is 0 Å². The van der Waals surface area contributed by atoms with Crippen molar-refractivity contribution < 1.29 is 4.79 Å². The van der Waals surface area contributed by atoms with E-state index in [1.165, 1.54) is 18.4 Å². The van der Waals surface area contributed by atoms with Crippen LogP contribution in [-0.2, 0) is 0 Å². The number of likely N-dealkylation sites (tertiary alicyclic amines) is 1. The molecule has 1 N–H and O–H groups in total. The molecule has 1 fully saturated rings. The third kappa shape index (κ3) is 4.57. The van der Waals surface area contributed by atoms with Gasteiger partial charge in [-0.1, -0.05) is 75.2 Å². The zero-order valence-electron chi connectivity index (χ0n) is 16.3. The third-order valence-electron chi connectivity index (χ3n) is 5.23. The second-order valence-electron chi connectivity index (χ2n) is 7.09. The van der Waals surface area contributed by atoms with E-state index in [1.807, 2.05) is 35.2 Å². The summed E-state index contributed by atoms with van der Waals surface area (Å²) in [6, 6.07) is 18.4. The van der Waals surface area contributed by atoms with Crippen molar-refractivity contribution in [2.24, 2.45) is 0 Å². The quantitative estimate of drug-likeness (QED) is 0.678. The Morgan fingerprint density at radius 3 is 2.30 bits per heavy atom. The highest BCUT2D eigenvalue weighted by atomic mass is 16.2. The Balaban J connectivity index is 0.000000481. The second kappa shape index (κ2) is 9.36. The molecule has 4 heteroatoms. The van der Waals surface area contributed by atoms with Crippen molar-refractivity contribution >= 4 is 16.8 Å². The zero-order chi connectivity index (χ0) is 19.1. The van der Waals surface area contributed by atoms with E-state index in [4.69, 9.17) is 0 Å². The molecule has 1 aliphatic rings. The number of fused-ring (bicyclic) bond motifs is 1. The van der Waals surface area contributed by atoms with Gasteiger partial charge in [-0.25, -0.2) is 0 Å². The molecule has 0 atom stereocenters. The van der Waals surface area contributed by atoms with Crippen molar-refractivity contribution in [2.45, 2.75) is 45.4 Å². The van der Waals surface area contributed by atoms with E-state index in [1.54, 1.807) is 0 Å². The molecule has 2 heterocycles. The first-order valence-corrected chi connectivity index (χ1v) is 10.0. The molecule has 0 radical (unpaired) electrons. The topological polar surface area (TPSA) is 49.0 Å². The standard InChI is InChI=1S/C19H19N3O.C4H10/c23-19(18-16-8-4-5-9-17(16)20-21-18)22-12-10-15(11-13-22)14-6-2-1-3-7-14;1-3-4-2/h1-9,15H,10-13H2,(H,20,21);3-4H2,1-2H3. The molecule has 1 aromatic heterocycles. The zero-order valence-corrected chi connectivity index (χ0v) is 16.3. The van der Waals surface area contributed by atoms with Gasteiger partial charge in [-0.05, 0) is 30.4 Å². The maximum atomic E-state index is 12.8. The highest BCUT2D eigenvalue weighted by molar-refractivity contribution is 6.04. The fraction of sp³-hybridized carbons (Fsp3) is 0.391. The smallest absolute Gasteiger partial charge is 0.274 e. The molecule has 2 aromatic carbocycles. The van der Waals surface area contributed by atoms with Gasteiger partial charge in [-0.2, -0.15) is 5.10 Å². The number of H-pyrrole nitrogens is 1. The normalized spacial score (nSPS) is 14.7. The largest absolute Gasteiger partial charge is 0.337 e. The molecule has 0 saturated carbocycles. The number of carbonyl (C=O) groups is 1. The van der Waals surface area contributed by atoms with Crippen LogP contribution in [0.5, 0.6) is 0 Å². The summed E-state index contributed by atoms with van der Waals surface area (Å²) in [4.78, 5) is 14.7. The lowest BCUT2D eigenvalue weighted by Gasteiger charge is -2.31. The molecule has 27 heavy (non-hydrogen) atoms. The summed E-state index contributed by atoms with van der Waals surface area (Å²) < 4.78 is 0. The van der Waals surface area contributed by atoms with Gasteiger partial charge in [0, 0.05) is 18.5 Å². The molecule has 4 nitrogen and oxygen atoms in total. The summed E-state index contributed by atoms with van der Waals surface area (Å²) in [5.41, 5.74) is 2.83. The fourth-order valence-electron chi connectivity index (χ4n) is 3.42. The van der Waals surface area contributed by atoms with E-state index in [2.05, 4.69) is 48.3 Å². The minimum absolute atomic E-state index is 0.0361. The Morgan fingerprint density at radius 2 is 1.63 bits per heavy atom. The Bertz CT molecular complexity index is 846. The maximum Gasteiger partial charge on any atom is 0.274 e. The number of unbranched alkanes of at least 4 members (excludes halogenated alkanes) is 1. The Morgan fingerprint density at radius 1 is 1.00 bits per heavy atom. The monoisotopic (exact) mass is 363 g/mol. The van der Waals surface area contributed by atoms with Crippen LogP contribution in [0.1, 0.15) is 61.5 Å². The van der Waals surface area contributed by atoms with E-state index < -0.39 is 0 Å². The van der Waals surface area contributed by atoms with Gasteiger partial charge in [0.05, 0.1) is 5.52 Å². The number of nitrogens with one attached hydrogen (secondary N) is 1. The summed E-state index contributed by atoms with van der Waals surface area (Å²) in [6.45, 7) is 5.94. The van der Waals surface area contributed by atoms with Crippen molar-refractivity contribution in [1.82, 2.24) is 15.1 Å². The number of nitrogens with zero attached hydrogens (tertiary/aromatic N) is 2. The van der Waals surface area contributed by atoms with E-state index >= 15 is 0 Å². The van der Waals surface area contributed by atoms with Crippen molar-refractivity contribution in [2.75, 3.05) is 13.1 Å². The number of para-hydroxylation sites is 1. The minimum atomic E-state index is 0.0361. The number of benzene rings is 2. The molecular formula is C23H29N3O. The van der Waals surface area contributed by atoms with Crippen LogP contribution in [-0.4, -0.2) is 34.1 Å². The van der Waals surface area contributed by atoms with Gasteiger partial charge in [0.15, 0.2) is 5.69 Å². The average molecular weight is 364 g/mol. The lowest BCUT2D eigenvalue weighted by molar-refractivity contribution is 0.0709. The molecule has 4 rings (SSSR count). The first-order valence-electron chi connectivity index (χ1n) is 10.0. The Labute approximate surface area is 161 Å². The van der Waals surface area contributed by atoms with E-state index in [0.717, 1.165) is 36.8 Å². The molecule has 142 valence electrons. The van der Waals surface area contributed by atoms with E-state index in [9.17, 15) is 4.79 Å². The van der Waals surface area contributed by atoms with Crippen LogP contribution in [0.3, 0.4) is 0 Å². The molecule has 1 amide bonds. The van der Waals surface area contributed by atoms with Gasteiger partial charge < -0.3 is 4.90 Å². The van der Waals surface area contributed by atoms with Gasteiger partial charge in [0.1, 0.15) is 0 Å². The fourth-order valence-corrected chi connectivity index (χ4v) is 3.42. The molecule has 0 aliphatic carbocycles. The number of aromatic nitrogens is 2. The number of aromatic amines is 1. The Kier molecular flexibility index (Phi) is 6.64. The molecule has 0 spiro atoms. The summed E-state index contributed by atoms with van der Waals surface area (Å²) in [7, 11) is 0. The summed E-state index contributed by atoms with van der Waals surface area (Å²) in [5, 5.41) is 8.08. The van der Waals surface area contributed by atoms with Crippen LogP contribution in [0, 0.1) is 0 Å². The summed E-state index contributed by atoms with van der Waals surface area (Å²) in [5.74, 6) is 0.588. The number of hydrogen-bond acceptors (Lipinski definition) is 2. The van der Waals surface area contributed by atoms with Crippen molar-refractivity contribution in [3.05, 3.63) is 65.9 Å². The van der Waals surface area contributed by atoms with Crippen LogP contribution in [0.4, 0.5) is 0 Å². The summed E-state index contributed by atoms with van der Waals surface area (Å²) in [6.07, 6.45) is 4.66.